The highest BCUT2D eigenvalue weighted by molar-refractivity contribution is 9.10. The van der Waals surface area contributed by atoms with Crippen molar-refractivity contribution in [3.8, 4) is 5.75 Å². The van der Waals surface area contributed by atoms with Crippen molar-refractivity contribution in [2.24, 2.45) is 17.3 Å². The smallest absolute Gasteiger partial charge is 0.262 e. The monoisotopic (exact) mass is 592 g/mol. The Labute approximate surface area is 242 Å². The molecule has 3 unspecified atom stereocenters. The van der Waals surface area contributed by atoms with E-state index < -0.39 is 5.54 Å². The molecule has 4 aliphatic rings. The second kappa shape index (κ2) is 8.87. The Bertz CT molecular complexity index is 1710. The summed E-state index contributed by atoms with van der Waals surface area (Å²) in [5.41, 5.74) is 4.31. The number of hydrogen-bond donors (Lipinski definition) is 0. The summed E-state index contributed by atoms with van der Waals surface area (Å²) in [7, 11) is 0. The molecular weight excluding hydrogens is 564 g/mol. The number of carbonyl (C=O) groups excluding carboxylic acids is 2. The Balaban J connectivity index is 1.35. The minimum Gasteiger partial charge on any atom is -0.488 e. The van der Waals surface area contributed by atoms with Gasteiger partial charge in [0.05, 0.1) is 22.2 Å². The molecule has 4 aromatic rings. The van der Waals surface area contributed by atoms with Crippen LogP contribution < -0.4 is 4.74 Å². The standard InChI is InChI=1S/C34H29BrN2O3/c1-20-15-25(27-17-34(20,33(27,2)3)37-31(38)23-11-7-8-12-24(23)32(37)39)30-26-16-22(35)18-36-28(26)13-14-29(30)40-19-21-9-5-4-6-10-21/h4-16,18,20,27H,17,19H2,1-3H3. The number of ether oxygens (including phenoxy) is 1. The minimum absolute atomic E-state index is 0.0537. The first-order valence-corrected chi connectivity index (χ1v) is 14.5. The summed E-state index contributed by atoms with van der Waals surface area (Å²) in [4.78, 5) is 33.6. The number of nitrogens with zero attached hydrogens (tertiary/aromatic N) is 2. The van der Waals surface area contributed by atoms with Crippen LogP contribution in [0.1, 0.15) is 59.0 Å². The molecule has 1 saturated carbocycles. The van der Waals surface area contributed by atoms with Gasteiger partial charge in [-0.05, 0) is 81.1 Å². The quantitative estimate of drug-likeness (QED) is 0.223. The van der Waals surface area contributed by atoms with E-state index in [9.17, 15) is 9.59 Å². The van der Waals surface area contributed by atoms with E-state index in [1.165, 1.54) is 5.57 Å². The lowest BCUT2D eigenvalue weighted by atomic mass is 9.40. The van der Waals surface area contributed by atoms with Gasteiger partial charge in [0.25, 0.3) is 11.8 Å². The molecule has 5 nitrogen and oxygen atoms in total. The molecule has 3 aromatic carbocycles. The molecule has 3 atom stereocenters. The lowest BCUT2D eigenvalue weighted by molar-refractivity contribution is -0.125. The highest BCUT2D eigenvalue weighted by Gasteiger charge is 2.71. The van der Waals surface area contributed by atoms with Crippen LogP contribution in [0.3, 0.4) is 0 Å². The van der Waals surface area contributed by atoms with Gasteiger partial charge in [0.1, 0.15) is 12.4 Å². The van der Waals surface area contributed by atoms with E-state index in [0.29, 0.717) is 24.2 Å². The number of rotatable bonds is 5. The number of aromatic nitrogens is 1. The summed E-state index contributed by atoms with van der Waals surface area (Å²) >= 11 is 3.63. The summed E-state index contributed by atoms with van der Waals surface area (Å²) < 4.78 is 7.39. The van der Waals surface area contributed by atoms with Crippen LogP contribution in [0.5, 0.6) is 5.75 Å². The Morgan fingerprint density at radius 1 is 0.975 bits per heavy atom. The molecule has 0 spiro atoms. The SMILES string of the molecule is CC1C=C(c2c(OCc3ccccc3)ccc3ncc(Br)cc23)C2CC1(N1C(=O)c3ccccc3C1=O)C2(C)C. The van der Waals surface area contributed by atoms with Crippen LogP contribution in [0.25, 0.3) is 16.5 Å². The Kier molecular flexibility index (Phi) is 5.59. The maximum Gasteiger partial charge on any atom is 0.262 e. The molecule has 1 aliphatic heterocycles. The van der Waals surface area contributed by atoms with Crippen LogP contribution in [0.4, 0.5) is 0 Å². The van der Waals surface area contributed by atoms with E-state index >= 15 is 0 Å². The normalized spacial score (nSPS) is 24.5. The van der Waals surface area contributed by atoms with Gasteiger partial charge in [0, 0.05) is 21.6 Å². The maximum absolute atomic E-state index is 13.7. The molecule has 2 heterocycles. The Morgan fingerprint density at radius 2 is 1.65 bits per heavy atom. The summed E-state index contributed by atoms with van der Waals surface area (Å²) in [5.74, 6) is 0.534. The summed E-state index contributed by atoms with van der Waals surface area (Å²) in [5, 5.41) is 1.02. The fourth-order valence-electron chi connectivity index (χ4n) is 7.49. The van der Waals surface area contributed by atoms with Crippen molar-refractivity contribution >= 4 is 44.2 Å². The lowest BCUT2D eigenvalue weighted by Gasteiger charge is -2.69. The third-order valence-electron chi connectivity index (χ3n) is 9.57. The lowest BCUT2D eigenvalue weighted by Crippen LogP contribution is -2.75. The van der Waals surface area contributed by atoms with E-state index in [0.717, 1.165) is 32.3 Å². The van der Waals surface area contributed by atoms with Crippen LogP contribution in [0, 0.1) is 17.3 Å². The van der Waals surface area contributed by atoms with Crippen molar-refractivity contribution in [3.05, 3.63) is 112 Å². The fourth-order valence-corrected chi connectivity index (χ4v) is 7.83. The second-order valence-corrected chi connectivity index (χ2v) is 12.7. The average molecular weight is 594 g/mol. The molecule has 0 radical (unpaired) electrons. The summed E-state index contributed by atoms with van der Waals surface area (Å²) in [6.45, 7) is 7.01. The zero-order chi connectivity index (χ0) is 27.8. The number of halogens is 1. The Hall–Kier alpha value is -3.77. The molecule has 0 N–H and O–H groups in total. The average Bonchev–Trinajstić information content (AvgIpc) is 3.21. The van der Waals surface area contributed by atoms with Gasteiger partial charge in [0.15, 0.2) is 0 Å². The van der Waals surface area contributed by atoms with Crippen molar-refractivity contribution in [1.29, 1.82) is 0 Å². The molecular formula is C34H29BrN2O3. The number of allylic oxidation sites excluding steroid dienone is 1. The number of amides is 2. The van der Waals surface area contributed by atoms with E-state index in [2.05, 4.69) is 66.0 Å². The summed E-state index contributed by atoms with van der Waals surface area (Å²) in [6.07, 6.45) is 4.80. The van der Waals surface area contributed by atoms with Crippen molar-refractivity contribution < 1.29 is 14.3 Å². The summed E-state index contributed by atoms with van der Waals surface area (Å²) in [6, 6.07) is 23.5. The Morgan fingerprint density at radius 3 is 2.30 bits per heavy atom. The van der Waals surface area contributed by atoms with Gasteiger partial charge in [-0.1, -0.05) is 69.3 Å². The number of carbonyl (C=O) groups is 2. The molecule has 2 bridgehead atoms. The van der Waals surface area contributed by atoms with Crippen LogP contribution in [0.2, 0.25) is 0 Å². The molecule has 0 saturated heterocycles. The van der Waals surface area contributed by atoms with E-state index in [1.54, 1.807) is 17.0 Å². The van der Waals surface area contributed by atoms with Crippen LogP contribution >= 0.6 is 15.9 Å². The van der Waals surface area contributed by atoms with Crippen molar-refractivity contribution in [1.82, 2.24) is 9.88 Å². The predicted molar refractivity (Wildman–Crippen MR) is 159 cm³/mol. The number of pyridine rings is 1. The molecule has 1 aromatic heterocycles. The third kappa shape index (κ3) is 3.35. The van der Waals surface area contributed by atoms with Gasteiger partial charge in [-0.15, -0.1) is 0 Å². The van der Waals surface area contributed by atoms with Crippen molar-refractivity contribution in [3.63, 3.8) is 0 Å². The molecule has 2 amide bonds. The number of benzene rings is 3. The third-order valence-corrected chi connectivity index (χ3v) is 10.0. The first kappa shape index (κ1) is 25.2. The van der Waals surface area contributed by atoms with E-state index in [4.69, 9.17) is 4.74 Å². The van der Waals surface area contributed by atoms with Crippen molar-refractivity contribution in [2.45, 2.75) is 39.3 Å². The first-order valence-electron chi connectivity index (χ1n) is 13.7. The second-order valence-electron chi connectivity index (χ2n) is 11.7. The van der Waals surface area contributed by atoms with Gasteiger partial charge in [0.2, 0.25) is 0 Å². The van der Waals surface area contributed by atoms with Gasteiger partial charge in [-0.25, -0.2) is 0 Å². The van der Waals surface area contributed by atoms with Gasteiger partial charge < -0.3 is 4.74 Å². The number of fused-ring (bicyclic) bond motifs is 3. The molecule has 3 aliphatic carbocycles. The topological polar surface area (TPSA) is 59.5 Å². The zero-order valence-corrected chi connectivity index (χ0v) is 24.2. The van der Waals surface area contributed by atoms with Crippen LogP contribution in [0.15, 0.2) is 89.5 Å². The van der Waals surface area contributed by atoms with Crippen LogP contribution in [-0.4, -0.2) is 27.2 Å². The minimum atomic E-state index is -0.594. The number of hydrogen-bond acceptors (Lipinski definition) is 4. The zero-order valence-electron chi connectivity index (χ0n) is 22.6. The number of imide groups is 1. The largest absolute Gasteiger partial charge is 0.488 e. The highest BCUT2D eigenvalue weighted by atomic mass is 79.9. The highest BCUT2D eigenvalue weighted by Crippen LogP contribution is 2.69. The van der Waals surface area contributed by atoms with Gasteiger partial charge in [-0.2, -0.15) is 0 Å². The molecule has 200 valence electrons. The molecule has 1 fully saturated rings. The molecule has 8 rings (SSSR count). The maximum atomic E-state index is 13.7. The van der Waals surface area contributed by atoms with Crippen molar-refractivity contribution in [2.75, 3.05) is 0 Å². The van der Waals surface area contributed by atoms with Crippen LogP contribution in [-0.2, 0) is 6.61 Å². The fraction of sp³-hybridized carbons (Fsp3) is 0.265. The van der Waals surface area contributed by atoms with E-state index in [-0.39, 0.29) is 29.1 Å². The molecule has 40 heavy (non-hydrogen) atoms. The predicted octanol–water partition coefficient (Wildman–Crippen LogP) is 7.69. The first-order chi connectivity index (χ1) is 19.2. The van der Waals surface area contributed by atoms with Gasteiger partial charge >= 0.3 is 0 Å². The van der Waals surface area contributed by atoms with E-state index in [1.807, 2.05) is 48.7 Å². The van der Waals surface area contributed by atoms with Gasteiger partial charge in [-0.3, -0.25) is 19.5 Å². The molecule has 6 heteroatoms.